The molecule has 2 atom stereocenters. The number of hydrogen-bond donors (Lipinski definition) is 5. The van der Waals surface area contributed by atoms with Gasteiger partial charge < -0.3 is 31.3 Å². The second-order valence-corrected chi connectivity index (χ2v) is 15.6. The first kappa shape index (κ1) is 47.1. The summed E-state index contributed by atoms with van der Waals surface area (Å²) in [5.74, 6) is 0.564. The number of carbonyl (C=O) groups is 6. The van der Waals surface area contributed by atoms with Crippen LogP contribution in [0.15, 0.2) is 66.9 Å². The van der Waals surface area contributed by atoms with Crippen molar-refractivity contribution >= 4 is 47.3 Å². The van der Waals surface area contributed by atoms with E-state index in [-0.39, 0.29) is 75.7 Å². The average molecular weight is 801 g/mol. The lowest BCUT2D eigenvalue weighted by molar-refractivity contribution is -0.135. The van der Waals surface area contributed by atoms with Gasteiger partial charge in [0.05, 0.1) is 13.2 Å². The van der Waals surface area contributed by atoms with Crippen molar-refractivity contribution in [2.45, 2.75) is 105 Å². The number of benzene rings is 2. The van der Waals surface area contributed by atoms with Gasteiger partial charge in [0.1, 0.15) is 12.6 Å². The van der Waals surface area contributed by atoms with Crippen LogP contribution in [-0.4, -0.2) is 73.1 Å². The summed E-state index contributed by atoms with van der Waals surface area (Å²) in [7, 11) is 0. The van der Waals surface area contributed by atoms with Crippen LogP contribution in [-0.2, 0) is 46.5 Å². The Hall–Kier alpha value is -5.30. The van der Waals surface area contributed by atoms with Crippen molar-refractivity contribution in [2.75, 3.05) is 36.9 Å². The van der Waals surface area contributed by atoms with Gasteiger partial charge in [0.15, 0.2) is 0 Å². The zero-order valence-corrected chi connectivity index (χ0v) is 35.0. The molecular formula is C45H64N6O7. The quantitative estimate of drug-likeness (QED) is 0.0442. The normalized spacial score (nSPS) is 13.6. The molecule has 1 saturated carbocycles. The summed E-state index contributed by atoms with van der Waals surface area (Å²) in [6.07, 6.45) is 10.4. The number of rotatable bonds is 26. The van der Waals surface area contributed by atoms with E-state index in [9.17, 15) is 28.8 Å². The monoisotopic (exact) mass is 800 g/mol. The number of nitrogens with zero attached hydrogens (tertiary/aromatic N) is 1. The first-order chi connectivity index (χ1) is 27.8. The van der Waals surface area contributed by atoms with Crippen LogP contribution in [0.5, 0.6) is 0 Å². The summed E-state index contributed by atoms with van der Waals surface area (Å²) in [6, 6.07) is 13.2. The molecule has 0 aromatic heterocycles. The van der Waals surface area contributed by atoms with E-state index in [1.54, 1.807) is 13.8 Å². The third-order valence-electron chi connectivity index (χ3n) is 10.1. The van der Waals surface area contributed by atoms with E-state index < -0.39 is 11.9 Å². The lowest BCUT2D eigenvalue weighted by atomic mass is 9.71. The van der Waals surface area contributed by atoms with E-state index in [0.29, 0.717) is 30.4 Å². The van der Waals surface area contributed by atoms with Gasteiger partial charge in [-0.3, -0.25) is 33.7 Å². The number of allylic oxidation sites excluding steroid dienone is 1. The SMILES string of the molecule is C=C(CNC(=O)CCCNC(=O)[C@H](C)NC(=O)CCCN(C=O)C(=O)/C=C\C)Nc1ccc(COCC(=O)Nc2cc(CC(CC(C)C)C3CCC3)ccc2C)cc1. The lowest BCUT2D eigenvalue weighted by Gasteiger charge is -2.35. The molecule has 0 saturated heterocycles. The van der Waals surface area contributed by atoms with E-state index in [4.69, 9.17) is 4.74 Å². The van der Waals surface area contributed by atoms with Crippen molar-refractivity contribution in [1.29, 1.82) is 0 Å². The van der Waals surface area contributed by atoms with Gasteiger partial charge in [-0.15, -0.1) is 0 Å². The van der Waals surface area contributed by atoms with Crippen LogP contribution < -0.4 is 26.6 Å². The Morgan fingerprint density at radius 1 is 0.914 bits per heavy atom. The van der Waals surface area contributed by atoms with Crippen molar-refractivity contribution in [3.63, 3.8) is 0 Å². The Labute approximate surface area is 344 Å². The fraction of sp³-hybridized carbons (Fsp3) is 0.511. The van der Waals surface area contributed by atoms with Crippen molar-refractivity contribution in [3.05, 3.63) is 83.6 Å². The summed E-state index contributed by atoms with van der Waals surface area (Å²) >= 11 is 0. The summed E-state index contributed by atoms with van der Waals surface area (Å²) in [6.45, 7) is 14.6. The predicted octanol–water partition coefficient (Wildman–Crippen LogP) is 5.94. The zero-order valence-electron chi connectivity index (χ0n) is 35.0. The van der Waals surface area contributed by atoms with Gasteiger partial charge in [0.2, 0.25) is 30.0 Å². The maximum Gasteiger partial charge on any atom is 0.252 e. The second-order valence-electron chi connectivity index (χ2n) is 15.6. The molecule has 2 aromatic rings. The second kappa shape index (κ2) is 25.1. The maximum absolute atomic E-state index is 12.8. The summed E-state index contributed by atoms with van der Waals surface area (Å²) in [5.41, 5.74) is 5.42. The molecule has 1 aliphatic rings. The molecule has 0 aliphatic heterocycles. The van der Waals surface area contributed by atoms with Crippen molar-refractivity contribution in [1.82, 2.24) is 20.9 Å². The largest absolute Gasteiger partial charge is 0.367 e. The van der Waals surface area contributed by atoms with Crippen molar-refractivity contribution < 1.29 is 33.5 Å². The molecule has 2 aromatic carbocycles. The molecule has 0 bridgehead atoms. The minimum Gasteiger partial charge on any atom is -0.367 e. The van der Waals surface area contributed by atoms with Gasteiger partial charge in [-0.05, 0) is 105 Å². The Kier molecular flexibility index (Phi) is 20.4. The summed E-state index contributed by atoms with van der Waals surface area (Å²) in [4.78, 5) is 73.5. The van der Waals surface area contributed by atoms with E-state index in [0.717, 1.165) is 39.7 Å². The number of imide groups is 1. The Morgan fingerprint density at radius 2 is 1.62 bits per heavy atom. The molecule has 13 nitrogen and oxygen atoms in total. The van der Waals surface area contributed by atoms with Crippen LogP contribution >= 0.6 is 0 Å². The molecule has 0 spiro atoms. The zero-order chi connectivity index (χ0) is 42.5. The molecule has 1 fully saturated rings. The molecule has 6 amide bonds. The molecule has 58 heavy (non-hydrogen) atoms. The van der Waals surface area contributed by atoms with E-state index in [1.807, 2.05) is 31.2 Å². The molecule has 1 unspecified atom stereocenters. The third kappa shape index (κ3) is 17.5. The first-order valence-corrected chi connectivity index (χ1v) is 20.5. The topological polar surface area (TPSA) is 175 Å². The Bertz CT molecular complexity index is 1720. The molecule has 5 N–H and O–H groups in total. The van der Waals surface area contributed by atoms with Crippen LogP contribution in [0.25, 0.3) is 0 Å². The minimum absolute atomic E-state index is 0.0443. The first-order valence-electron chi connectivity index (χ1n) is 20.5. The van der Waals surface area contributed by atoms with Crippen LogP contribution in [0.1, 0.15) is 95.8 Å². The van der Waals surface area contributed by atoms with Crippen LogP contribution in [0, 0.1) is 24.7 Å². The highest BCUT2D eigenvalue weighted by Gasteiger charge is 2.28. The molecule has 0 radical (unpaired) electrons. The number of aryl methyl sites for hydroxylation is 1. The molecule has 0 heterocycles. The standard InChI is InChI=1S/C45H64N6O7/c1-7-11-44(56)51(30-52)23-10-15-42(54)49-34(6)45(57)46-22-9-14-41(53)47-27-33(5)48-39-20-18-35(19-21-39)28-58-29-43(55)50-40-26-36(17-16-32(40)4)25-38(24-31(2)3)37-12-8-13-37/h7,11,16-21,26,30-31,34,37-38,48H,5,8-10,12-15,22-25,27-29H2,1-4,6H3,(H,46,57)(H,47,53)(H,49,54)(H,50,55)/b11-7-/t34-,38?/m0/s1. The van der Waals surface area contributed by atoms with Gasteiger partial charge in [0, 0.05) is 43.0 Å². The van der Waals surface area contributed by atoms with E-state index in [1.165, 1.54) is 43.4 Å². The molecule has 1 aliphatic carbocycles. The van der Waals surface area contributed by atoms with Crippen LogP contribution in [0.4, 0.5) is 11.4 Å². The number of amides is 6. The van der Waals surface area contributed by atoms with Crippen molar-refractivity contribution in [2.24, 2.45) is 17.8 Å². The predicted molar refractivity (Wildman–Crippen MR) is 227 cm³/mol. The summed E-state index contributed by atoms with van der Waals surface area (Å²) < 4.78 is 5.73. The fourth-order valence-electron chi connectivity index (χ4n) is 6.72. The highest BCUT2D eigenvalue weighted by molar-refractivity contribution is 5.94. The number of hydrogen-bond acceptors (Lipinski definition) is 8. The van der Waals surface area contributed by atoms with Crippen LogP contribution in [0.3, 0.4) is 0 Å². The van der Waals surface area contributed by atoms with Crippen LogP contribution in [0.2, 0.25) is 0 Å². The minimum atomic E-state index is -0.789. The highest BCUT2D eigenvalue weighted by atomic mass is 16.5. The van der Waals surface area contributed by atoms with Gasteiger partial charge in [-0.1, -0.05) is 70.0 Å². The summed E-state index contributed by atoms with van der Waals surface area (Å²) in [5, 5.41) is 14.3. The van der Waals surface area contributed by atoms with Crippen molar-refractivity contribution in [3.8, 4) is 0 Å². The number of anilines is 2. The Balaban J connectivity index is 1.27. The number of nitrogens with one attached hydrogen (secondary N) is 5. The Morgan fingerprint density at radius 3 is 2.28 bits per heavy atom. The van der Waals surface area contributed by atoms with Gasteiger partial charge in [-0.25, -0.2) is 0 Å². The fourth-order valence-corrected chi connectivity index (χ4v) is 6.72. The molecule has 3 rings (SSSR count). The van der Waals surface area contributed by atoms with Gasteiger partial charge in [-0.2, -0.15) is 0 Å². The highest BCUT2D eigenvalue weighted by Crippen LogP contribution is 2.38. The van der Waals surface area contributed by atoms with E-state index in [2.05, 4.69) is 65.2 Å². The molecular weight excluding hydrogens is 737 g/mol. The van der Waals surface area contributed by atoms with Gasteiger partial charge >= 0.3 is 0 Å². The molecule has 316 valence electrons. The average Bonchev–Trinajstić information content (AvgIpc) is 3.15. The lowest BCUT2D eigenvalue weighted by Crippen LogP contribution is -2.45. The van der Waals surface area contributed by atoms with Gasteiger partial charge in [0.25, 0.3) is 5.91 Å². The number of ether oxygens (including phenoxy) is 1. The molecule has 13 heteroatoms. The maximum atomic E-state index is 12.8. The van der Waals surface area contributed by atoms with E-state index >= 15 is 0 Å². The third-order valence-corrected chi connectivity index (χ3v) is 10.1. The number of carbonyl (C=O) groups excluding carboxylic acids is 6. The smallest absolute Gasteiger partial charge is 0.252 e.